The lowest BCUT2D eigenvalue weighted by atomic mass is 9.76. The first-order chi connectivity index (χ1) is 15.6. The van der Waals surface area contributed by atoms with Gasteiger partial charge in [-0.3, -0.25) is 4.79 Å². The van der Waals surface area contributed by atoms with E-state index in [-0.39, 0.29) is 12.0 Å². The van der Waals surface area contributed by atoms with Crippen LogP contribution in [0.4, 0.5) is 5.69 Å². The van der Waals surface area contributed by atoms with Crippen LogP contribution in [0.2, 0.25) is 0 Å². The normalized spacial score (nSPS) is 14.3. The van der Waals surface area contributed by atoms with Crippen molar-refractivity contribution in [1.29, 1.82) is 0 Å². The van der Waals surface area contributed by atoms with Crippen molar-refractivity contribution < 1.29 is 9.53 Å². The topological polar surface area (TPSA) is 38.3 Å². The molecule has 160 valence electrons. The highest BCUT2D eigenvalue weighted by atomic mass is 16.5. The van der Waals surface area contributed by atoms with E-state index in [9.17, 15) is 4.79 Å². The predicted molar refractivity (Wildman–Crippen MR) is 130 cm³/mol. The van der Waals surface area contributed by atoms with Crippen LogP contribution >= 0.6 is 0 Å². The van der Waals surface area contributed by atoms with Crippen LogP contribution in [-0.4, -0.2) is 12.0 Å². The molecule has 3 nitrogen and oxygen atoms in total. The number of ether oxygens (including phenoxy) is 1. The minimum absolute atomic E-state index is 0.0302. The van der Waals surface area contributed by atoms with Crippen molar-refractivity contribution in [3.8, 4) is 5.75 Å². The van der Waals surface area contributed by atoms with Gasteiger partial charge in [-0.15, -0.1) is 0 Å². The molecule has 0 heterocycles. The smallest absolute Gasteiger partial charge is 0.235 e. The largest absolute Gasteiger partial charge is 0.490 e. The summed E-state index contributed by atoms with van der Waals surface area (Å²) in [5.74, 6) is 0.863. The minimum atomic E-state index is -0.626. The quantitative estimate of drug-likeness (QED) is 0.410. The van der Waals surface area contributed by atoms with Crippen molar-refractivity contribution in [2.75, 3.05) is 5.32 Å². The van der Waals surface area contributed by atoms with Gasteiger partial charge < -0.3 is 10.1 Å². The van der Waals surface area contributed by atoms with Gasteiger partial charge in [0.15, 0.2) is 0 Å². The first-order valence-corrected chi connectivity index (χ1v) is 11.2. The van der Waals surface area contributed by atoms with Crippen molar-refractivity contribution in [2.24, 2.45) is 0 Å². The highest BCUT2D eigenvalue weighted by Crippen LogP contribution is 2.41. The number of carbonyl (C=O) groups is 1. The van der Waals surface area contributed by atoms with Gasteiger partial charge in [0.25, 0.3) is 0 Å². The molecule has 0 aromatic heterocycles. The van der Waals surface area contributed by atoms with Crippen LogP contribution in [0.25, 0.3) is 10.8 Å². The predicted octanol–water partition coefficient (Wildman–Crippen LogP) is 6.30. The number of amides is 1. The molecule has 0 saturated heterocycles. The highest BCUT2D eigenvalue weighted by molar-refractivity contribution is 6.07. The van der Waals surface area contributed by atoms with Crippen molar-refractivity contribution in [3.63, 3.8) is 0 Å². The second-order valence-electron chi connectivity index (χ2n) is 8.85. The van der Waals surface area contributed by atoms with E-state index in [1.165, 1.54) is 11.1 Å². The SMILES string of the molecule is CC(C)Oc1ccc(NC(=O)C2(c3ccccc3)Cc3ccccc3C2)c2ccccc12. The van der Waals surface area contributed by atoms with Gasteiger partial charge in [0.1, 0.15) is 5.75 Å². The van der Waals surface area contributed by atoms with E-state index in [0.29, 0.717) is 12.8 Å². The van der Waals surface area contributed by atoms with E-state index in [1.807, 2.05) is 68.4 Å². The molecule has 4 aromatic carbocycles. The molecule has 0 aliphatic heterocycles. The van der Waals surface area contributed by atoms with Crippen LogP contribution in [0, 0.1) is 0 Å². The number of fused-ring (bicyclic) bond motifs is 2. The molecule has 5 rings (SSSR count). The van der Waals surface area contributed by atoms with Gasteiger partial charge in [0, 0.05) is 16.5 Å². The van der Waals surface area contributed by atoms with E-state index < -0.39 is 5.41 Å². The number of nitrogens with one attached hydrogen (secondary N) is 1. The lowest BCUT2D eigenvalue weighted by Gasteiger charge is -2.29. The summed E-state index contributed by atoms with van der Waals surface area (Å²) in [6.45, 7) is 4.04. The maximum atomic E-state index is 14.0. The van der Waals surface area contributed by atoms with Gasteiger partial charge in [-0.25, -0.2) is 0 Å². The Morgan fingerprint density at radius 2 is 1.38 bits per heavy atom. The fourth-order valence-electron chi connectivity index (χ4n) is 4.85. The van der Waals surface area contributed by atoms with Crippen molar-refractivity contribution in [3.05, 3.63) is 108 Å². The summed E-state index contributed by atoms with van der Waals surface area (Å²) in [7, 11) is 0. The highest BCUT2D eigenvalue weighted by Gasteiger charge is 2.45. The van der Waals surface area contributed by atoms with E-state index in [0.717, 1.165) is 27.8 Å². The zero-order chi connectivity index (χ0) is 22.1. The molecule has 0 atom stereocenters. The van der Waals surface area contributed by atoms with Gasteiger partial charge in [-0.1, -0.05) is 78.9 Å². The standard InChI is InChI=1S/C29H27NO2/c1-20(2)32-27-17-16-26(24-14-8-9-15-25(24)27)30-28(31)29(23-12-4-3-5-13-23)18-21-10-6-7-11-22(21)19-29/h3-17,20H,18-19H2,1-2H3,(H,30,31). The first-order valence-electron chi connectivity index (χ1n) is 11.2. The summed E-state index contributed by atoms with van der Waals surface area (Å²) in [6, 6.07) is 30.5. The molecule has 3 heteroatoms. The summed E-state index contributed by atoms with van der Waals surface area (Å²) < 4.78 is 6.01. The molecule has 1 aliphatic rings. The van der Waals surface area contributed by atoms with E-state index in [4.69, 9.17) is 4.74 Å². The number of hydrogen-bond donors (Lipinski definition) is 1. The Morgan fingerprint density at radius 3 is 2.03 bits per heavy atom. The first kappa shape index (κ1) is 20.3. The summed E-state index contributed by atoms with van der Waals surface area (Å²) in [5.41, 5.74) is 3.74. The molecule has 32 heavy (non-hydrogen) atoms. The molecule has 1 aliphatic carbocycles. The number of anilines is 1. The number of carbonyl (C=O) groups excluding carboxylic acids is 1. The van der Waals surface area contributed by atoms with Gasteiger partial charge in [-0.2, -0.15) is 0 Å². The number of rotatable bonds is 5. The Morgan fingerprint density at radius 1 is 0.781 bits per heavy atom. The molecule has 0 unspecified atom stereocenters. The summed E-state index contributed by atoms with van der Waals surface area (Å²) >= 11 is 0. The fourth-order valence-corrected chi connectivity index (χ4v) is 4.85. The van der Waals surface area contributed by atoms with Crippen molar-refractivity contribution >= 4 is 22.4 Å². The Labute approximate surface area is 189 Å². The van der Waals surface area contributed by atoms with E-state index >= 15 is 0 Å². The van der Waals surface area contributed by atoms with Gasteiger partial charge >= 0.3 is 0 Å². The maximum absolute atomic E-state index is 14.0. The van der Waals surface area contributed by atoms with Gasteiger partial charge in [-0.05, 0) is 55.5 Å². The maximum Gasteiger partial charge on any atom is 0.235 e. The zero-order valence-corrected chi connectivity index (χ0v) is 18.5. The average molecular weight is 422 g/mol. The second kappa shape index (κ2) is 8.16. The van der Waals surface area contributed by atoms with Crippen LogP contribution in [0.5, 0.6) is 5.75 Å². The molecule has 1 N–H and O–H groups in total. The van der Waals surface area contributed by atoms with Crippen LogP contribution < -0.4 is 10.1 Å². The molecule has 1 amide bonds. The van der Waals surface area contributed by atoms with Crippen LogP contribution in [0.1, 0.15) is 30.5 Å². The Kier molecular flexibility index (Phi) is 5.18. The molecule has 0 spiro atoms. The monoisotopic (exact) mass is 421 g/mol. The number of benzene rings is 4. The average Bonchev–Trinajstić information content (AvgIpc) is 3.22. The molecule has 4 aromatic rings. The summed E-state index contributed by atoms with van der Waals surface area (Å²) in [5, 5.41) is 5.27. The second-order valence-corrected chi connectivity index (χ2v) is 8.85. The van der Waals surface area contributed by atoms with Gasteiger partial charge in [0.05, 0.1) is 11.5 Å². The van der Waals surface area contributed by atoms with Gasteiger partial charge in [0.2, 0.25) is 5.91 Å². The lowest BCUT2D eigenvalue weighted by Crippen LogP contribution is -2.41. The molecule has 0 bridgehead atoms. The van der Waals surface area contributed by atoms with Crippen LogP contribution in [0.3, 0.4) is 0 Å². The number of hydrogen-bond acceptors (Lipinski definition) is 2. The zero-order valence-electron chi connectivity index (χ0n) is 18.5. The van der Waals surface area contributed by atoms with Crippen LogP contribution in [-0.2, 0) is 23.1 Å². The lowest BCUT2D eigenvalue weighted by molar-refractivity contribution is -0.121. The molecule has 0 fully saturated rings. The minimum Gasteiger partial charge on any atom is -0.490 e. The molecular weight excluding hydrogens is 394 g/mol. The third-order valence-corrected chi connectivity index (χ3v) is 6.36. The molecular formula is C29H27NO2. The third kappa shape index (κ3) is 3.54. The van der Waals surface area contributed by atoms with Crippen molar-refractivity contribution in [1.82, 2.24) is 0 Å². The molecule has 0 saturated carbocycles. The Hall–Kier alpha value is -3.59. The molecule has 0 radical (unpaired) electrons. The Bertz CT molecular complexity index is 1250. The summed E-state index contributed by atoms with van der Waals surface area (Å²) in [6.07, 6.45) is 1.48. The third-order valence-electron chi connectivity index (χ3n) is 6.36. The fraction of sp³-hybridized carbons (Fsp3) is 0.207. The van der Waals surface area contributed by atoms with Crippen LogP contribution in [0.15, 0.2) is 91.0 Å². The van der Waals surface area contributed by atoms with Crippen molar-refractivity contribution in [2.45, 2.75) is 38.2 Å². The summed E-state index contributed by atoms with van der Waals surface area (Å²) in [4.78, 5) is 14.0. The van der Waals surface area contributed by atoms with E-state index in [2.05, 4.69) is 41.7 Å². The van der Waals surface area contributed by atoms with E-state index in [1.54, 1.807) is 0 Å². The Balaban J connectivity index is 1.55.